The van der Waals surface area contributed by atoms with Crippen LogP contribution < -0.4 is 10.6 Å². The van der Waals surface area contributed by atoms with Gasteiger partial charge in [0, 0.05) is 18.4 Å². The van der Waals surface area contributed by atoms with Gasteiger partial charge in [-0.05, 0) is 31.4 Å². The summed E-state index contributed by atoms with van der Waals surface area (Å²) in [4.78, 5) is 45.9. The van der Waals surface area contributed by atoms with Crippen molar-refractivity contribution in [3.8, 4) is 0 Å². The average molecular weight is 430 g/mol. The van der Waals surface area contributed by atoms with E-state index in [9.17, 15) is 14.4 Å². The Morgan fingerprint density at radius 1 is 1.23 bits per heavy atom. The number of carbonyl (C=O) groups is 3. The zero-order chi connectivity index (χ0) is 21.5. The van der Waals surface area contributed by atoms with E-state index in [1.807, 2.05) is 24.3 Å². The maximum atomic E-state index is 12.5. The summed E-state index contributed by atoms with van der Waals surface area (Å²) in [5, 5.41) is 0.216. The smallest absolute Gasteiger partial charge is 0.343 e. The average Bonchev–Trinajstić information content (AvgIpc) is 2.75. The Hall–Kier alpha value is -3.14. The van der Waals surface area contributed by atoms with Crippen LogP contribution in [-0.4, -0.2) is 53.3 Å². The van der Waals surface area contributed by atoms with E-state index in [1.165, 1.54) is 6.20 Å². The van der Waals surface area contributed by atoms with E-state index in [2.05, 4.69) is 9.97 Å². The maximum absolute atomic E-state index is 12.5. The summed E-state index contributed by atoms with van der Waals surface area (Å²) in [5.41, 5.74) is 7.79. The van der Waals surface area contributed by atoms with E-state index in [0.29, 0.717) is 6.54 Å². The Morgan fingerprint density at radius 2 is 2.03 bits per heavy atom. The number of aromatic nitrogens is 2. The molecule has 1 amide bonds. The number of fused-ring (bicyclic) bond motifs is 1. The molecule has 10 heteroatoms. The monoisotopic (exact) mass is 430 g/mol. The van der Waals surface area contributed by atoms with Crippen molar-refractivity contribution in [1.82, 2.24) is 9.97 Å². The van der Waals surface area contributed by atoms with E-state index in [0.717, 1.165) is 35.9 Å². The minimum atomic E-state index is -0.608. The highest BCUT2D eigenvalue weighted by molar-refractivity contribution is 7.99. The molecule has 2 aromatic rings. The molecule has 0 radical (unpaired) electrons. The molecule has 2 N–H and O–H groups in total. The highest BCUT2D eigenvalue weighted by atomic mass is 32.2. The second kappa shape index (κ2) is 10.1. The minimum absolute atomic E-state index is 0.0294. The molecule has 9 nitrogen and oxygen atoms in total. The summed E-state index contributed by atoms with van der Waals surface area (Å²) >= 11 is 0.999. The highest BCUT2D eigenvalue weighted by Gasteiger charge is 2.23. The molecule has 0 aliphatic carbocycles. The fraction of sp³-hybridized carbons (Fsp3) is 0.350. The van der Waals surface area contributed by atoms with Crippen molar-refractivity contribution in [1.29, 1.82) is 0 Å². The van der Waals surface area contributed by atoms with Crippen LogP contribution in [0.5, 0.6) is 0 Å². The van der Waals surface area contributed by atoms with E-state index >= 15 is 0 Å². The SMILES string of the molecule is CCOC(=O)c1cnc(SCC(=O)OCC(=O)N2CCCc3ccccc32)nc1N. The summed E-state index contributed by atoms with van der Waals surface area (Å²) in [7, 11) is 0. The number of carbonyl (C=O) groups excluding carboxylic acids is 3. The Bertz CT molecular complexity index is 953. The van der Waals surface area contributed by atoms with Gasteiger partial charge < -0.3 is 20.1 Å². The topological polar surface area (TPSA) is 125 Å². The molecule has 1 aliphatic rings. The quantitative estimate of drug-likeness (QED) is 0.398. The first-order valence-corrected chi connectivity index (χ1v) is 10.4. The zero-order valence-corrected chi connectivity index (χ0v) is 17.3. The molecule has 158 valence electrons. The fourth-order valence-electron chi connectivity index (χ4n) is 2.99. The number of nitrogen functional groups attached to an aromatic ring is 1. The van der Waals surface area contributed by atoms with Gasteiger partial charge in [0.1, 0.15) is 11.4 Å². The van der Waals surface area contributed by atoms with Crippen LogP contribution in [0.25, 0.3) is 0 Å². The van der Waals surface area contributed by atoms with Crippen LogP contribution in [0, 0.1) is 0 Å². The van der Waals surface area contributed by atoms with Crippen molar-refractivity contribution in [3.05, 3.63) is 41.6 Å². The van der Waals surface area contributed by atoms with Crippen LogP contribution in [-0.2, 0) is 25.5 Å². The Balaban J connectivity index is 1.49. The first-order valence-electron chi connectivity index (χ1n) is 9.46. The van der Waals surface area contributed by atoms with Gasteiger partial charge in [0.15, 0.2) is 11.8 Å². The largest absolute Gasteiger partial charge is 0.462 e. The lowest BCUT2D eigenvalue weighted by Crippen LogP contribution is -2.38. The van der Waals surface area contributed by atoms with Crippen LogP contribution in [0.3, 0.4) is 0 Å². The number of nitrogens with zero attached hydrogens (tertiary/aromatic N) is 3. The first-order chi connectivity index (χ1) is 14.5. The molecule has 3 rings (SSSR count). The Morgan fingerprint density at radius 3 is 2.80 bits per heavy atom. The van der Waals surface area contributed by atoms with Crippen molar-refractivity contribution in [2.75, 3.05) is 36.1 Å². The predicted molar refractivity (Wildman–Crippen MR) is 111 cm³/mol. The van der Waals surface area contributed by atoms with Gasteiger partial charge in [0.05, 0.1) is 12.4 Å². The zero-order valence-electron chi connectivity index (χ0n) is 16.5. The third-order valence-electron chi connectivity index (χ3n) is 4.38. The number of ether oxygens (including phenoxy) is 2. The van der Waals surface area contributed by atoms with Crippen LogP contribution in [0.1, 0.15) is 29.3 Å². The summed E-state index contributed by atoms with van der Waals surface area (Å²) in [6.07, 6.45) is 3.05. The third-order valence-corrected chi connectivity index (χ3v) is 5.21. The molecule has 0 fully saturated rings. The lowest BCUT2D eigenvalue weighted by Gasteiger charge is -2.29. The third kappa shape index (κ3) is 5.26. The van der Waals surface area contributed by atoms with E-state index in [-0.39, 0.29) is 41.4 Å². The Labute approximate surface area is 178 Å². The minimum Gasteiger partial charge on any atom is -0.462 e. The van der Waals surface area contributed by atoms with Crippen molar-refractivity contribution in [3.63, 3.8) is 0 Å². The molecule has 1 aromatic heterocycles. The van der Waals surface area contributed by atoms with Crippen molar-refractivity contribution >= 4 is 41.1 Å². The van der Waals surface area contributed by atoms with Gasteiger partial charge in [-0.25, -0.2) is 14.8 Å². The molecule has 0 saturated carbocycles. The molecular formula is C20H22N4O5S. The van der Waals surface area contributed by atoms with Crippen LogP contribution in [0.4, 0.5) is 11.5 Å². The van der Waals surface area contributed by atoms with E-state index in [1.54, 1.807) is 11.8 Å². The standard InChI is InChI=1S/C20H22N4O5S/c1-2-28-19(27)14-10-22-20(23-18(14)21)30-12-17(26)29-11-16(25)24-9-5-7-13-6-3-4-8-15(13)24/h3-4,6,8,10H,2,5,7,9,11-12H2,1H3,(H2,21,22,23). The number of nitrogens with two attached hydrogens (primary N) is 1. The fourth-order valence-corrected chi connectivity index (χ4v) is 3.61. The molecule has 2 heterocycles. The molecule has 0 bridgehead atoms. The normalized spacial score (nSPS) is 12.8. The van der Waals surface area contributed by atoms with Gasteiger partial charge >= 0.3 is 11.9 Å². The number of amides is 1. The van der Waals surface area contributed by atoms with E-state index < -0.39 is 11.9 Å². The number of aryl methyl sites for hydroxylation is 1. The van der Waals surface area contributed by atoms with Crippen molar-refractivity contribution in [2.45, 2.75) is 24.9 Å². The number of anilines is 2. The molecule has 0 spiro atoms. The molecule has 0 saturated heterocycles. The Kier molecular flexibility index (Phi) is 7.23. The number of rotatable bonds is 7. The molecule has 0 atom stereocenters. The molecule has 1 aromatic carbocycles. The lowest BCUT2D eigenvalue weighted by molar-refractivity contribution is -0.145. The van der Waals surface area contributed by atoms with Gasteiger partial charge in [-0.1, -0.05) is 30.0 Å². The van der Waals surface area contributed by atoms with Gasteiger partial charge in [0.25, 0.3) is 5.91 Å². The number of thioether (sulfide) groups is 1. The second-order valence-electron chi connectivity index (χ2n) is 6.40. The summed E-state index contributed by atoms with van der Waals surface area (Å²) in [6.45, 7) is 2.16. The summed E-state index contributed by atoms with van der Waals surface area (Å²) in [5.74, 6) is -1.57. The summed E-state index contributed by atoms with van der Waals surface area (Å²) < 4.78 is 9.96. The number of esters is 2. The van der Waals surface area contributed by atoms with Crippen LogP contribution >= 0.6 is 11.8 Å². The van der Waals surface area contributed by atoms with Gasteiger partial charge in [-0.3, -0.25) is 9.59 Å². The molecule has 30 heavy (non-hydrogen) atoms. The first kappa shape index (κ1) is 21.6. The van der Waals surface area contributed by atoms with Crippen LogP contribution in [0.2, 0.25) is 0 Å². The number of hydrogen-bond donors (Lipinski definition) is 1. The second-order valence-corrected chi connectivity index (χ2v) is 7.34. The van der Waals surface area contributed by atoms with E-state index in [4.69, 9.17) is 15.2 Å². The number of benzene rings is 1. The maximum Gasteiger partial charge on any atom is 0.343 e. The van der Waals surface area contributed by atoms with Crippen molar-refractivity contribution < 1.29 is 23.9 Å². The predicted octanol–water partition coefficient (Wildman–Crippen LogP) is 1.85. The number of hydrogen-bond acceptors (Lipinski definition) is 9. The van der Waals surface area contributed by atoms with Gasteiger partial charge in [0.2, 0.25) is 0 Å². The summed E-state index contributed by atoms with van der Waals surface area (Å²) in [6, 6.07) is 7.71. The molecular weight excluding hydrogens is 408 g/mol. The van der Waals surface area contributed by atoms with Crippen molar-refractivity contribution in [2.24, 2.45) is 0 Å². The number of para-hydroxylation sites is 1. The van der Waals surface area contributed by atoms with Gasteiger partial charge in [-0.15, -0.1) is 0 Å². The highest BCUT2D eigenvalue weighted by Crippen LogP contribution is 2.26. The molecule has 0 unspecified atom stereocenters. The van der Waals surface area contributed by atoms with Gasteiger partial charge in [-0.2, -0.15) is 0 Å². The lowest BCUT2D eigenvalue weighted by atomic mass is 10.0. The molecule has 1 aliphatic heterocycles. The van der Waals surface area contributed by atoms with Crippen LogP contribution in [0.15, 0.2) is 35.6 Å².